The van der Waals surface area contributed by atoms with Gasteiger partial charge in [0.25, 0.3) is 0 Å². The highest BCUT2D eigenvalue weighted by molar-refractivity contribution is 5.81. The molecule has 2 aromatic rings. The molecule has 1 aromatic carbocycles. The molecule has 1 heterocycles. The highest BCUT2D eigenvalue weighted by Gasteiger charge is 2.23. The fourth-order valence-electron chi connectivity index (χ4n) is 2.11. The molecular weight excluding hydrogens is 266 g/mol. The molecule has 2 rings (SSSR count). The maximum absolute atomic E-state index is 12.2. The number of aromatic nitrogens is 2. The Hall–Kier alpha value is -2.30. The van der Waals surface area contributed by atoms with Crippen LogP contribution in [0.25, 0.3) is 0 Å². The number of benzene rings is 1. The molecule has 21 heavy (non-hydrogen) atoms. The summed E-state index contributed by atoms with van der Waals surface area (Å²) in [6.45, 7) is 6.94. The molecule has 0 aliphatic rings. The van der Waals surface area contributed by atoms with E-state index in [-0.39, 0.29) is 5.97 Å². The number of hydrogen-bond donors (Lipinski definition) is 1. The molecule has 0 saturated carbocycles. The van der Waals surface area contributed by atoms with E-state index in [2.05, 4.69) is 10.4 Å². The highest BCUT2D eigenvalue weighted by Crippen LogP contribution is 2.21. The summed E-state index contributed by atoms with van der Waals surface area (Å²) in [5, 5.41) is 7.46. The summed E-state index contributed by atoms with van der Waals surface area (Å²) in [4.78, 5) is 12.2. The molecule has 1 aromatic heterocycles. The average Bonchev–Trinajstić information content (AvgIpc) is 2.93. The summed E-state index contributed by atoms with van der Waals surface area (Å²) in [7, 11) is 0. The standard InChI is InChI=1S/C16H21N3O2/c1-4-19-11-13(10-17-19)15(16(20)21-5-2)18-14-8-6-7-12(3)9-14/h6-11,15,18H,4-5H2,1-3H3. The maximum atomic E-state index is 12.2. The summed E-state index contributed by atoms with van der Waals surface area (Å²) in [6.07, 6.45) is 3.57. The van der Waals surface area contributed by atoms with Crippen LogP contribution in [-0.2, 0) is 16.1 Å². The van der Waals surface area contributed by atoms with E-state index in [1.54, 1.807) is 17.8 Å². The molecule has 1 atom stereocenters. The third-order valence-electron chi connectivity index (χ3n) is 3.16. The molecular formula is C16H21N3O2. The average molecular weight is 287 g/mol. The monoisotopic (exact) mass is 287 g/mol. The van der Waals surface area contributed by atoms with Crippen LogP contribution in [0.2, 0.25) is 0 Å². The number of aryl methyl sites for hydroxylation is 2. The summed E-state index contributed by atoms with van der Waals surface area (Å²) < 4.78 is 6.96. The minimum atomic E-state index is -0.549. The van der Waals surface area contributed by atoms with E-state index >= 15 is 0 Å². The molecule has 0 saturated heterocycles. The van der Waals surface area contributed by atoms with Crippen molar-refractivity contribution < 1.29 is 9.53 Å². The van der Waals surface area contributed by atoms with Crippen molar-refractivity contribution in [1.82, 2.24) is 9.78 Å². The summed E-state index contributed by atoms with van der Waals surface area (Å²) in [5.41, 5.74) is 2.82. The molecule has 0 spiro atoms. The lowest BCUT2D eigenvalue weighted by Crippen LogP contribution is -2.23. The summed E-state index contributed by atoms with van der Waals surface area (Å²) in [5.74, 6) is -0.297. The van der Waals surface area contributed by atoms with Crippen molar-refractivity contribution in [3.8, 4) is 0 Å². The van der Waals surface area contributed by atoms with Crippen molar-refractivity contribution in [1.29, 1.82) is 0 Å². The number of carbonyl (C=O) groups excluding carboxylic acids is 1. The van der Waals surface area contributed by atoms with Crippen LogP contribution >= 0.6 is 0 Å². The molecule has 0 radical (unpaired) electrons. The molecule has 1 N–H and O–H groups in total. The van der Waals surface area contributed by atoms with Crippen molar-refractivity contribution in [3.05, 3.63) is 47.8 Å². The second-order valence-corrected chi connectivity index (χ2v) is 4.83. The maximum Gasteiger partial charge on any atom is 0.333 e. The van der Waals surface area contributed by atoms with Crippen molar-refractivity contribution in [3.63, 3.8) is 0 Å². The topological polar surface area (TPSA) is 56.1 Å². The fourth-order valence-corrected chi connectivity index (χ4v) is 2.11. The van der Waals surface area contributed by atoms with Gasteiger partial charge < -0.3 is 10.1 Å². The van der Waals surface area contributed by atoms with Gasteiger partial charge in [0.2, 0.25) is 0 Å². The lowest BCUT2D eigenvalue weighted by molar-refractivity contribution is -0.144. The van der Waals surface area contributed by atoms with Crippen molar-refractivity contribution in [2.45, 2.75) is 33.4 Å². The number of ether oxygens (including phenoxy) is 1. The van der Waals surface area contributed by atoms with E-state index in [4.69, 9.17) is 4.74 Å². The number of anilines is 1. The molecule has 0 aliphatic heterocycles. The van der Waals surface area contributed by atoms with Crippen LogP contribution in [0.15, 0.2) is 36.7 Å². The first-order valence-electron chi connectivity index (χ1n) is 7.16. The second kappa shape index (κ2) is 6.92. The molecule has 0 fully saturated rings. The Kier molecular flexibility index (Phi) is 4.98. The predicted molar refractivity (Wildman–Crippen MR) is 82.1 cm³/mol. The van der Waals surface area contributed by atoms with Gasteiger partial charge in [-0.15, -0.1) is 0 Å². The van der Waals surface area contributed by atoms with E-state index in [9.17, 15) is 4.79 Å². The van der Waals surface area contributed by atoms with Crippen LogP contribution in [0, 0.1) is 6.92 Å². The molecule has 0 bridgehead atoms. The molecule has 112 valence electrons. The molecule has 0 aliphatic carbocycles. The lowest BCUT2D eigenvalue weighted by atomic mass is 10.1. The number of nitrogens with zero attached hydrogens (tertiary/aromatic N) is 2. The zero-order chi connectivity index (χ0) is 15.2. The first kappa shape index (κ1) is 15.1. The fraction of sp³-hybridized carbons (Fsp3) is 0.375. The number of hydrogen-bond acceptors (Lipinski definition) is 4. The Labute approximate surface area is 124 Å². The molecule has 0 amide bonds. The first-order valence-corrected chi connectivity index (χ1v) is 7.16. The van der Waals surface area contributed by atoms with Crippen LogP contribution in [0.5, 0.6) is 0 Å². The number of rotatable bonds is 6. The van der Waals surface area contributed by atoms with Gasteiger partial charge in [-0.1, -0.05) is 12.1 Å². The molecule has 5 nitrogen and oxygen atoms in total. The number of esters is 1. The van der Waals surface area contributed by atoms with Gasteiger partial charge >= 0.3 is 5.97 Å². The Morgan fingerprint density at radius 3 is 2.86 bits per heavy atom. The molecule has 1 unspecified atom stereocenters. The van der Waals surface area contributed by atoms with Crippen molar-refractivity contribution >= 4 is 11.7 Å². The van der Waals surface area contributed by atoms with Crippen LogP contribution in [0.3, 0.4) is 0 Å². The van der Waals surface area contributed by atoms with Gasteiger partial charge in [-0.05, 0) is 38.5 Å². The normalized spacial score (nSPS) is 12.0. The SMILES string of the molecule is CCOC(=O)C(Nc1cccc(C)c1)c1cnn(CC)c1. The van der Waals surface area contributed by atoms with Crippen LogP contribution < -0.4 is 5.32 Å². The first-order chi connectivity index (χ1) is 10.1. The van der Waals surface area contributed by atoms with E-state index in [0.29, 0.717) is 6.61 Å². The van der Waals surface area contributed by atoms with Gasteiger partial charge in [0.1, 0.15) is 0 Å². The smallest absolute Gasteiger partial charge is 0.333 e. The summed E-state index contributed by atoms with van der Waals surface area (Å²) >= 11 is 0. The predicted octanol–water partition coefficient (Wildman–Crippen LogP) is 2.93. The van der Waals surface area contributed by atoms with Gasteiger partial charge in [-0.25, -0.2) is 4.79 Å². The van der Waals surface area contributed by atoms with Crippen LogP contribution in [0.1, 0.15) is 31.0 Å². The van der Waals surface area contributed by atoms with E-state index in [0.717, 1.165) is 23.4 Å². The zero-order valence-corrected chi connectivity index (χ0v) is 12.7. The van der Waals surface area contributed by atoms with Crippen molar-refractivity contribution in [2.75, 3.05) is 11.9 Å². The minimum absolute atomic E-state index is 0.297. The van der Waals surface area contributed by atoms with Gasteiger partial charge in [0.15, 0.2) is 6.04 Å². The van der Waals surface area contributed by atoms with E-state index in [1.807, 2.05) is 44.3 Å². The third-order valence-corrected chi connectivity index (χ3v) is 3.16. The largest absolute Gasteiger partial charge is 0.464 e. The van der Waals surface area contributed by atoms with Crippen molar-refractivity contribution in [2.24, 2.45) is 0 Å². The highest BCUT2D eigenvalue weighted by atomic mass is 16.5. The quantitative estimate of drug-likeness (QED) is 0.830. The Balaban J connectivity index is 2.25. The van der Waals surface area contributed by atoms with E-state index in [1.165, 1.54) is 0 Å². The van der Waals surface area contributed by atoms with Crippen LogP contribution in [-0.4, -0.2) is 22.4 Å². The third kappa shape index (κ3) is 3.84. The Morgan fingerprint density at radius 2 is 2.24 bits per heavy atom. The Morgan fingerprint density at radius 1 is 1.43 bits per heavy atom. The summed E-state index contributed by atoms with van der Waals surface area (Å²) in [6, 6.07) is 7.35. The number of carbonyl (C=O) groups is 1. The van der Waals surface area contributed by atoms with E-state index < -0.39 is 6.04 Å². The van der Waals surface area contributed by atoms with Gasteiger partial charge in [0, 0.05) is 24.0 Å². The van der Waals surface area contributed by atoms with Gasteiger partial charge in [-0.2, -0.15) is 5.10 Å². The zero-order valence-electron chi connectivity index (χ0n) is 12.7. The Bertz CT molecular complexity index is 607. The lowest BCUT2D eigenvalue weighted by Gasteiger charge is -2.17. The molecule has 5 heteroatoms. The van der Waals surface area contributed by atoms with Crippen LogP contribution in [0.4, 0.5) is 5.69 Å². The minimum Gasteiger partial charge on any atom is -0.464 e. The van der Waals surface area contributed by atoms with Gasteiger partial charge in [-0.3, -0.25) is 4.68 Å². The van der Waals surface area contributed by atoms with Gasteiger partial charge in [0.05, 0.1) is 12.8 Å². The number of nitrogens with one attached hydrogen (secondary N) is 1. The second-order valence-electron chi connectivity index (χ2n) is 4.83.